The standard InChI is InChI=1S/C82H112N20O21S/c1-7-9-20-61-75(116)89-39-69(110)93-60(72(113)88-37-67(85)108)42-124-43-70(111)92-56(30-45-23-25-48(104)26-24-45)78(119)98(4)44(3)71(112)95-58(34-66(84)107)81(122)101-29-15-22-62(101)76(117)90-38-68(109)91-54(27-28-65(83)106)80(121)102-40-49(105)33-64(102)77(118)94-55(31-46-35-86-52-18-13-11-16-50(46)52)73(114)97-59(41-103)74(115)96-57(32-47-36-87-53-19-14-12-17-51(47)53)79(120)100(6)63(21-10-8-2)82(123)99(61)5/h11-14,16-19,23-26,35-36,44,49,54-64,86-87,103-105H,7-10,15,20-22,27-34,37-43H2,1-6H3,(H2,83,106)(H2,84,107)(H2,85,108)(H,88,113)(H,89,116)(H,90,117)(H,91,109)(H,92,111)(H,93,110)(H,94,118)(H,95,112)(H,96,115)(H,97,114)/t44-,49+,54-,55-,56-,57-,58+,59-,60-,61-,62-,63-,64-/m0/s1. The molecule has 41 nitrogen and oxygen atoms in total. The van der Waals surface area contributed by atoms with Crippen LogP contribution >= 0.6 is 11.8 Å². The van der Waals surface area contributed by atoms with Gasteiger partial charge in [-0.3, -0.25) is 86.3 Å². The number of aliphatic hydroxyl groups excluding tert-OH is 2. The van der Waals surface area contributed by atoms with Crippen molar-refractivity contribution in [2.75, 3.05) is 72.0 Å². The first-order chi connectivity index (χ1) is 59.0. The third-order valence-electron chi connectivity index (χ3n) is 21.9. The highest BCUT2D eigenvalue weighted by Crippen LogP contribution is 2.27. The van der Waals surface area contributed by atoms with Gasteiger partial charge in [-0.1, -0.05) is 88.1 Å². The number of hydrogen-bond acceptors (Lipinski definition) is 22. The lowest BCUT2D eigenvalue weighted by molar-refractivity contribution is -0.149. The van der Waals surface area contributed by atoms with Gasteiger partial charge in [0.05, 0.1) is 44.5 Å². The molecule has 0 aliphatic carbocycles. The molecule has 21 N–H and O–H groups in total. The number of nitrogens with zero attached hydrogens (tertiary/aromatic N) is 5. The van der Waals surface area contributed by atoms with Crippen molar-refractivity contribution in [3.63, 3.8) is 0 Å². The maximum atomic E-state index is 15.5. The number of aromatic amines is 2. The first-order valence-electron chi connectivity index (χ1n) is 41.0. The molecule has 672 valence electrons. The van der Waals surface area contributed by atoms with Crippen molar-refractivity contribution < 1.29 is 102 Å². The second kappa shape index (κ2) is 46.0. The van der Waals surface area contributed by atoms with Crippen molar-refractivity contribution in [3.05, 3.63) is 102 Å². The number of aliphatic hydroxyl groups is 2. The molecular weight excluding hydrogens is 1630 g/mol. The van der Waals surface area contributed by atoms with Crippen molar-refractivity contribution in [2.24, 2.45) is 17.2 Å². The molecule has 3 aromatic carbocycles. The van der Waals surface area contributed by atoms with Gasteiger partial charge >= 0.3 is 0 Å². The molecule has 42 heteroatoms. The Hall–Kier alpha value is -12.7. The van der Waals surface area contributed by atoms with Gasteiger partial charge in [-0.2, -0.15) is 0 Å². The molecule has 3 aliphatic rings. The Labute approximate surface area is 718 Å². The molecule has 3 saturated heterocycles. The number of benzene rings is 3. The van der Waals surface area contributed by atoms with E-state index < -0.39 is 255 Å². The molecule has 0 unspecified atom stereocenters. The first kappa shape index (κ1) is 96.7. The maximum absolute atomic E-state index is 15.5. The van der Waals surface area contributed by atoms with E-state index in [1.54, 1.807) is 60.9 Å². The molecule has 3 aliphatic heterocycles. The molecule has 3 fully saturated rings. The quantitative estimate of drug-likeness (QED) is 0.0328. The van der Waals surface area contributed by atoms with Crippen LogP contribution in [0, 0.1) is 0 Å². The van der Waals surface area contributed by atoms with Crippen LogP contribution in [-0.2, 0) is 106 Å². The average Bonchev–Trinajstić information content (AvgIpc) is 1.67. The van der Waals surface area contributed by atoms with Crippen LogP contribution in [0.25, 0.3) is 21.8 Å². The molecule has 124 heavy (non-hydrogen) atoms. The van der Waals surface area contributed by atoms with Crippen molar-refractivity contribution in [2.45, 2.75) is 196 Å². The van der Waals surface area contributed by atoms with E-state index >= 15 is 14.4 Å². The zero-order valence-corrected chi connectivity index (χ0v) is 70.7. The van der Waals surface area contributed by atoms with Gasteiger partial charge in [-0.15, -0.1) is 11.8 Å². The van der Waals surface area contributed by atoms with Crippen LogP contribution < -0.4 is 70.4 Å². The second-order valence-corrected chi connectivity index (χ2v) is 32.1. The molecule has 5 aromatic rings. The van der Waals surface area contributed by atoms with Gasteiger partial charge in [-0.25, -0.2) is 0 Å². The highest BCUT2D eigenvalue weighted by Gasteiger charge is 2.46. The molecule has 8 rings (SSSR count). The number of aromatic hydroxyl groups is 1. The van der Waals surface area contributed by atoms with Crippen LogP contribution in [0.15, 0.2) is 85.2 Å². The number of phenolic OH excluding ortho intramolecular Hbond substituents is 1. The third-order valence-corrected chi connectivity index (χ3v) is 23.0. The number of thioether (sulfide) groups is 1. The Morgan fingerprint density at radius 3 is 1.66 bits per heavy atom. The number of likely N-dealkylation sites (N-methyl/N-ethyl adjacent to an activating group) is 3. The van der Waals surface area contributed by atoms with Crippen LogP contribution in [0.2, 0.25) is 0 Å². The van der Waals surface area contributed by atoms with E-state index in [0.717, 1.165) is 36.3 Å². The van der Waals surface area contributed by atoms with Crippen LogP contribution in [0.4, 0.5) is 0 Å². The Morgan fingerprint density at radius 2 is 1.06 bits per heavy atom. The molecule has 5 heterocycles. The zero-order valence-electron chi connectivity index (χ0n) is 69.9. The average molecular weight is 1750 g/mol. The van der Waals surface area contributed by atoms with Gasteiger partial charge < -0.3 is 120 Å². The molecule has 18 amide bonds. The summed E-state index contributed by atoms with van der Waals surface area (Å²) in [4.78, 5) is 267. The lowest BCUT2D eigenvalue weighted by Gasteiger charge is -2.36. The van der Waals surface area contributed by atoms with Gasteiger partial charge in [0, 0.05) is 106 Å². The predicted molar refractivity (Wildman–Crippen MR) is 449 cm³/mol. The normalized spacial score (nSPS) is 24.7. The summed E-state index contributed by atoms with van der Waals surface area (Å²) in [5.74, 6) is -18.3. The molecule has 0 radical (unpaired) electrons. The number of rotatable bonds is 21. The highest BCUT2D eigenvalue weighted by atomic mass is 32.2. The molecule has 0 saturated carbocycles. The summed E-state index contributed by atoms with van der Waals surface area (Å²) < 4.78 is 0. The largest absolute Gasteiger partial charge is 0.508 e. The minimum atomic E-state index is -1.89. The van der Waals surface area contributed by atoms with Crippen molar-refractivity contribution >= 4 is 140 Å². The Morgan fingerprint density at radius 1 is 0.524 bits per heavy atom. The molecule has 0 bridgehead atoms. The summed E-state index contributed by atoms with van der Waals surface area (Å²) in [6.45, 7) is 0.777. The summed E-state index contributed by atoms with van der Waals surface area (Å²) in [6, 6.07) is 0.757. The summed E-state index contributed by atoms with van der Waals surface area (Å²) in [6.07, 6.45) is 0.580. The lowest BCUT2D eigenvalue weighted by atomic mass is 10.00. The van der Waals surface area contributed by atoms with Gasteiger partial charge in [-0.05, 0) is 80.0 Å². The van der Waals surface area contributed by atoms with Gasteiger partial charge in [0.25, 0.3) is 0 Å². The molecule has 0 spiro atoms. The van der Waals surface area contributed by atoms with E-state index in [1.165, 1.54) is 52.3 Å². The van der Waals surface area contributed by atoms with E-state index in [2.05, 4.69) is 63.1 Å². The molecular formula is C82H112N20O21S. The number of carbonyl (C=O) groups excluding carboxylic acids is 18. The minimum absolute atomic E-state index is 0.0125. The number of H-pyrrole nitrogens is 2. The molecule has 13 atom stereocenters. The summed E-state index contributed by atoms with van der Waals surface area (Å²) in [7, 11) is 3.88. The Kier molecular flexibility index (Phi) is 35.8. The number of phenols is 1. The fourth-order valence-electron chi connectivity index (χ4n) is 15.0. The number of primary amides is 3. The van der Waals surface area contributed by atoms with Gasteiger partial charge in [0.2, 0.25) is 106 Å². The van der Waals surface area contributed by atoms with E-state index in [0.29, 0.717) is 64.2 Å². The Balaban J connectivity index is 1.14. The van der Waals surface area contributed by atoms with Crippen molar-refractivity contribution in [1.82, 2.24) is 87.6 Å². The topological polar surface area (TPSA) is 614 Å². The summed E-state index contributed by atoms with van der Waals surface area (Å²) in [5.41, 5.74) is 19.1. The maximum Gasteiger partial charge on any atom is 0.246 e. The summed E-state index contributed by atoms with van der Waals surface area (Å²) in [5, 5.41) is 58.8. The fraction of sp³-hybridized carbons (Fsp3) is 0.512. The SMILES string of the molecule is CCCC[C@H]1C(=O)N(C)[C@@H](CCCC)C(=O)NCC(=O)N[C@H](C(=O)NCC(N)=O)CSCC(=O)N[C@@H](Cc2ccc(O)cc2)C(=O)N(C)[C@@H](C)C(=O)N[C@H](CC(N)=O)C(=O)N2CCC[C@H]2C(=O)NCC(=O)N[C@@H](CCC(N)=O)C(=O)N2C[C@H](O)C[C@H]2C(=O)N[C@@H](Cc2c[nH]c3ccccc23)C(=O)N[C@@H](CO)C(=O)N[C@@H](Cc2c[nH]c3ccccc23)C(=O)N1C. The monoisotopic (exact) mass is 1740 g/mol. The van der Waals surface area contributed by atoms with Crippen molar-refractivity contribution in [1.29, 1.82) is 0 Å². The van der Waals surface area contributed by atoms with Crippen LogP contribution in [-0.4, -0.2) is 307 Å². The molecule has 2 aromatic heterocycles. The smallest absolute Gasteiger partial charge is 0.246 e. The number of para-hydroxylation sites is 2. The number of unbranched alkanes of at least 4 members (excludes halogenated alkanes) is 2. The van der Waals surface area contributed by atoms with Crippen LogP contribution in [0.1, 0.15) is 115 Å². The summed E-state index contributed by atoms with van der Waals surface area (Å²) >= 11 is 0.772. The minimum Gasteiger partial charge on any atom is -0.508 e. The number of amides is 18. The lowest BCUT2D eigenvalue weighted by Crippen LogP contribution is -2.61. The number of hydrogen-bond donors (Lipinski definition) is 18. The number of nitrogens with two attached hydrogens (primary N) is 3. The van der Waals surface area contributed by atoms with E-state index in [9.17, 15) is 87.2 Å². The van der Waals surface area contributed by atoms with Crippen LogP contribution in [0.3, 0.4) is 0 Å². The van der Waals surface area contributed by atoms with Gasteiger partial charge in [0.1, 0.15) is 78.3 Å². The highest BCUT2D eigenvalue weighted by molar-refractivity contribution is 8.00. The Bertz CT molecular complexity index is 4740. The number of carbonyl (C=O) groups is 18. The fourth-order valence-corrected chi connectivity index (χ4v) is 15.9. The van der Waals surface area contributed by atoms with Crippen molar-refractivity contribution in [3.8, 4) is 5.75 Å². The van der Waals surface area contributed by atoms with E-state index in [4.69, 9.17) is 17.2 Å². The third kappa shape index (κ3) is 26.6. The van der Waals surface area contributed by atoms with E-state index in [-0.39, 0.29) is 57.2 Å². The predicted octanol–water partition coefficient (Wildman–Crippen LogP) is -4.68. The number of aromatic nitrogens is 2. The van der Waals surface area contributed by atoms with Gasteiger partial charge in [0.15, 0.2) is 0 Å². The first-order valence-corrected chi connectivity index (χ1v) is 42.1. The van der Waals surface area contributed by atoms with Crippen LogP contribution in [0.5, 0.6) is 5.75 Å². The second-order valence-electron chi connectivity index (χ2n) is 31.0. The van der Waals surface area contributed by atoms with E-state index in [1.807, 2.05) is 13.8 Å². The number of fused-ring (bicyclic) bond motifs is 4. The number of nitrogens with one attached hydrogen (secondary N) is 12. The zero-order chi connectivity index (χ0) is 90.8.